The molecule has 1 saturated heterocycles. The van der Waals surface area contributed by atoms with Gasteiger partial charge in [-0.15, -0.1) is 0 Å². The summed E-state index contributed by atoms with van der Waals surface area (Å²) in [7, 11) is 2.10. The lowest BCUT2D eigenvalue weighted by Gasteiger charge is -2.19. The molecule has 1 rings (SSSR count). The highest BCUT2D eigenvalue weighted by molar-refractivity contribution is 5.74. The molecule has 13 heavy (non-hydrogen) atoms. The Labute approximate surface area is 81.2 Å². The maximum Gasteiger partial charge on any atom is 0.188 e. The average molecular weight is 186 g/mol. The number of nitrogens with zero attached hydrogens (tertiary/aromatic N) is 2. The van der Waals surface area contributed by atoms with Crippen molar-refractivity contribution in [3.8, 4) is 0 Å². The zero-order chi connectivity index (χ0) is 10.3. The quantitative estimate of drug-likeness (QED) is 0.429. The third-order valence-electron chi connectivity index (χ3n) is 2.06. The summed E-state index contributed by atoms with van der Waals surface area (Å²) < 4.78 is 0. The molecule has 0 aromatic rings. The Morgan fingerprint density at radius 1 is 1.15 bits per heavy atom. The predicted molar refractivity (Wildman–Crippen MR) is 56.9 cm³/mol. The zero-order valence-corrected chi connectivity index (χ0v) is 9.01. The van der Waals surface area contributed by atoms with E-state index in [0.29, 0.717) is 0 Å². The van der Waals surface area contributed by atoms with Gasteiger partial charge in [0.1, 0.15) is 0 Å². The summed E-state index contributed by atoms with van der Waals surface area (Å²) in [5.41, 5.74) is 5.37. The van der Waals surface area contributed by atoms with Crippen LogP contribution in [0.15, 0.2) is 0 Å². The molecule has 0 atom stereocenters. The van der Waals surface area contributed by atoms with Crippen molar-refractivity contribution in [1.82, 2.24) is 9.80 Å². The lowest BCUT2D eigenvalue weighted by molar-refractivity contribution is 0.345. The van der Waals surface area contributed by atoms with Crippen LogP contribution in [0.2, 0.25) is 0 Å². The largest absolute Gasteiger partial charge is 0.370 e. The summed E-state index contributed by atoms with van der Waals surface area (Å²) in [5, 5.41) is 7.24. The second-order valence-corrected chi connectivity index (χ2v) is 3.03. The second-order valence-electron chi connectivity index (χ2n) is 3.03. The highest BCUT2D eigenvalue weighted by Gasteiger charge is 2.11. The van der Waals surface area contributed by atoms with Gasteiger partial charge in [0.2, 0.25) is 0 Å². The first-order chi connectivity index (χ1) is 6.20. The van der Waals surface area contributed by atoms with E-state index in [4.69, 9.17) is 11.1 Å². The maximum absolute atomic E-state index is 7.24. The molecule has 1 aliphatic heterocycles. The van der Waals surface area contributed by atoms with E-state index in [-0.39, 0.29) is 5.96 Å². The summed E-state index contributed by atoms with van der Waals surface area (Å²) in [6.07, 6.45) is 1.11. The molecule has 0 aromatic heterocycles. The van der Waals surface area contributed by atoms with Gasteiger partial charge in [0.25, 0.3) is 0 Å². The fraction of sp³-hybridized carbons (Fsp3) is 0.889. The molecule has 4 heteroatoms. The van der Waals surface area contributed by atoms with Crippen molar-refractivity contribution in [2.75, 3.05) is 33.2 Å². The number of nitrogens with two attached hydrogens (primary N) is 1. The summed E-state index contributed by atoms with van der Waals surface area (Å²) in [6, 6.07) is 0. The fourth-order valence-electron chi connectivity index (χ4n) is 1.29. The van der Waals surface area contributed by atoms with Crippen LogP contribution >= 0.6 is 0 Å². The summed E-state index contributed by atoms with van der Waals surface area (Å²) >= 11 is 0. The first kappa shape index (κ1) is 12.2. The van der Waals surface area contributed by atoms with Crippen molar-refractivity contribution < 1.29 is 0 Å². The zero-order valence-electron chi connectivity index (χ0n) is 9.01. The smallest absolute Gasteiger partial charge is 0.188 e. The predicted octanol–water partition coefficient (Wildman–Crippen LogP) is 0.544. The Morgan fingerprint density at radius 3 is 2.31 bits per heavy atom. The molecule has 1 fully saturated rings. The van der Waals surface area contributed by atoms with Gasteiger partial charge in [-0.25, -0.2) is 0 Å². The highest BCUT2D eigenvalue weighted by Crippen LogP contribution is 1.98. The molecular weight excluding hydrogens is 164 g/mol. The molecule has 1 aliphatic rings. The molecule has 4 nitrogen and oxygen atoms in total. The Bertz CT molecular complexity index is 147. The summed E-state index contributed by atoms with van der Waals surface area (Å²) in [6.45, 7) is 7.95. The van der Waals surface area contributed by atoms with Gasteiger partial charge in [-0.1, -0.05) is 13.8 Å². The van der Waals surface area contributed by atoms with Gasteiger partial charge < -0.3 is 15.5 Å². The van der Waals surface area contributed by atoms with Gasteiger partial charge in [0, 0.05) is 19.6 Å². The number of guanidine groups is 1. The third-order valence-corrected chi connectivity index (χ3v) is 2.06. The molecule has 0 saturated carbocycles. The van der Waals surface area contributed by atoms with Crippen molar-refractivity contribution in [3.05, 3.63) is 0 Å². The van der Waals surface area contributed by atoms with Gasteiger partial charge >= 0.3 is 0 Å². The summed E-state index contributed by atoms with van der Waals surface area (Å²) in [4.78, 5) is 4.19. The first-order valence-electron chi connectivity index (χ1n) is 4.97. The second kappa shape index (κ2) is 6.71. The Hall–Kier alpha value is -0.770. The first-order valence-corrected chi connectivity index (χ1v) is 4.97. The van der Waals surface area contributed by atoms with Gasteiger partial charge in [0.15, 0.2) is 5.96 Å². The van der Waals surface area contributed by atoms with E-state index >= 15 is 0 Å². The van der Waals surface area contributed by atoms with Crippen molar-refractivity contribution in [2.24, 2.45) is 5.73 Å². The average Bonchev–Trinajstić information content (AvgIpc) is 2.33. The van der Waals surface area contributed by atoms with Gasteiger partial charge in [-0.3, -0.25) is 5.41 Å². The number of hydrogen-bond donors (Lipinski definition) is 2. The standard InChI is InChI=1S/C7H16N4.C2H6/c1-10-3-2-4-11(6-5-10)7(8)9;1-2/h2-6H2,1H3,(H3,8,9);1-2H3. The van der Waals surface area contributed by atoms with E-state index in [2.05, 4.69) is 11.9 Å². The molecule has 0 amide bonds. The van der Waals surface area contributed by atoms with Crippen LogP contribution in [0.5, 0.6) is 0 Å². The van der Waals surface area contributed by atoms with E-state index in [1.165, 1.54) is 0 Å². The Morgan fingerprint density at radius 2 is 1.77 bits per heavy atom. The fourth-order valence-corrected chi connectivity index (χ4v) is 1.29. The van der Waals surface area contributed by atoms with Crippen molar-refractivity contribution in [2.45, 2.75) is 20.3 Å². The highest BCUT2D eigenvalue weighted by atomic mass is 15.3. The van der Waals surface area contributed by atoms with Crippen LogP contribution in [0.1, 0.15) is 20.3 Å². The molecule has 0 radical (unpaired) electrons. The normalized spacial score (nSPS) is 18.5. The number of rotatable bonds is 0. The maximum atomic E-state index is 7.24. The molecule has 78 valence electrons. The summed E-state index contributed by atoms with van der Waals surface area (Å²) in [5.74, 6) is 0.209. The molecule has 0 spiro atoms. The number of nitrogens with one attached hydrogen (secondary N) is 1. The van der Waals surface area contributed by atoms with Gasteiger partial charge in [0.05, 0.1) is 0 Å². The topological polar surface area (TPSA) is 56.4 Å². The van der Waals surface area contributed by atoms with E-state index in [9.17, 15) is 0 Å². The third kappa shape index (κ3) is 4.72. The van der Waals surface area contributed by atoms with Crippen LogP contribution < -0.4 is 5.73 Å². The molecule has 1 heterocycles. The van der Waals surface area contributed by atoms with E-state index in [0.717, 1.165) is 32.6 Å². The molecule has 0 aliphatic carbocycles. The van der Waals surface area contributed by atoms with Crippen LogP contribution in [-0.4, -0.2) is 49.0 Å². The monoisotopic (exact) mass is 186 g/mol. The van der Waals surface area contributed by atoms with Crippen molar-refractivity contribution in [1.29, 1.82) is 5.41 Å². The Balaban J connectivity index is 0.000000671. The lowest BCUT2D eigenvalue weighted by Crippen LogP contribution is -2.38. The van der Waals surface area contributed by atoms with Crippen LogP contribution in [-0.2, 0) is 0 Å². The minimum Gasteiger partial charge on any atom is -0.370 e. The number of hydrogen-bond acceptors (Lipinski definition) is 2. The molecule has 0 bridgehead atoms. The number of likely N-dealkylation sites (N-methyl/N-ethyl adjacent to an activating group) is 1. The van der Waals surface area contributed by atoms with Crippen LogP contribution in [0.3, 0.4) is 0 Å². The van der Waals surface area contributed by atoms with E-state index in [1.807, 2.05) is 18.7 Å². The van der Waals surface area contributed by atoms with Crippen LogP contribution in [0.25, 0.3) is 0 Å². The van der Waals surface area contributed by atoms with Crippen LogP contribution in [0.4, 0.5) is 0 Å². The lowest BCUT2D eigenvalue weighted by atomic mass is 10.4. The molecule has 0 aromatic carbocycles. The van der Waals surface area contributed by atoms with Gasteiger partial charge in [-0.05, 0) is 20.0 Å². The van der Waals surface area contributed by atoms with E-state index in [1.54, 1.807) is 0 Å². The minimum atomic E-state index is 0.209. The van der Waals surface area contributed by atoms with Crippen molar-refractivity contribution in [3.63, 3.8) is 0 Å². The van der Waals surface area contributed by atoms with Gasteiger partial charge in [-0.2, -0.15) is 0 Å². The van der Waals surface area contributed by atoms with Crippen LogP contribution in [0, 0.1) is 5.41 Å². The van der Waals surface area contributed by atoms with E-state index < -0.39 is 0 Å². The molecule has 0 unspecified atom stereocenters. The minimum absolute atomic E-state index is 0.209. The molecular formula is C9H22N4. The molecule has 3 N–H and O–H groups in total. The SMILES string of the molecule is CC.CN1CCCN(C(=N)N)CC1. The Kier molecular flexibility index (Phi) is 6.32. The van der Waals surface area contributed by atoms with Crippen molar-refractivity contribution >= 4 is 5.96 Å².